The molecule has 1 aliphatic heterocycles. The molecule has 1 saturated heterocycles. The standard InChI is InChI=1S/C20H24F2N6O.HI/c1-2-24-20(25-12-19(29)26-15-4-3-8-23-11-15)27-16-7-9-28(13-16)18-6-5-14(21)10-17(18)22;/h3-6,8,10-11,16H,2,7,9,12-13H2,1H3,(H,26,29)(H2,24,25,27);1H. The van der Waals surface area contributed by atoms with E-state index in [1.54, 1.807) is 24.5 Å². The highest BCUT2D eigenvalue weighted by atomic mass is 127. The predicted octanol–water partition coefficient (Wildman–Crippen LogP) is 2.75. The van der Waals surface area contributed by atoms with Crippen LogP contribution in [0, 0.1) is 11.6 Å². The van der Waals surface area contributed by atoms with Gasteiger partial charge in [0.2, 0.25) is 5.91 Å². The Morgan fingerprint density at radius 3 is 2.87 bits per heavy atom. The highest BCUT2D eigenvalue weighted by molar-refractivity contribution is 14.0. The lowest BCUT2D eigenvalue weighted by Gasteiger charge is -2.21. The summed E-state index contributed by atoms with van der Waals surface area (Å²) in [5, 5.41) is 9.11. The van der Waals surface area contributed by atoms with Crippen LogP contribution in [-0.4, -0.2) is 49.1 Å². The number of guanidine groups is 1. The van der Waals surface area contributed by atoms with Crippen molar-refractivity contribution in [2.24, 2.45) is 4.99 Å². The SMILES string of the molecule is CCNC(=NCC(=O)Nc1cccnc1)NC1CCN(c2ccc(F)cc2F)C1.I. The number of halogens is 3. The van der Waals surface area contributed by atoms with Gasteiger partial charge in [0.05, 0.1) is 17.6 Å². The van der Waals surface area contributed by atoms with Crippen LogP contribution < -0.4 is 20.9 Å². The highest BCUT2D eigenvalue weighted by Crippen LogP contribution is 2.24. The Morgan fingerprint density at radius 2 is 2.17 bits per heavy atom. The zero-order chi connectivity index (χ0) is 20.6. The lowest BCUT2D eigenvalue weighted by atomic mass is 10.2. The van der Waals surface area contributed by atoms with Crippen LogP contribution in [0.3, 0.4) is 0 Å². The van der Waals surface area contributed by atoms with E-state index in [-0.39, 0.29) is 42.5 Å². The topological polar surface area (TPSA) is 81.6 Å². The number of pyridine rings is 1. The number of aliphatic imine (C=N–C) groups is 1. The summed E-state index contributed by atoms with van der Waals surface area (Å²) in [5.41, 5.74) is 0.993. The van der Waals surface area contributed by atoms with Gasteiger partial charge in [0.1, 0.15) is 18.2 Å². The third-order valence-electron chi connectivity index (χ3n) is 4.45. The van der Waals surface area contributed by atoms with Gasteiger partial charge in [-0.2, -0.15) is 0 Å². The average Bonchev–Trinajstić information content (AvgIpc) is 3.15. The van der Waals surface area contributed by atoms with Crippen LogP contribution in [0.4, 0.5) is 20.2 Å². The van der Waals surface area contributed by atoms with E-state index in [0.717, 1.165) is 12.5 Å². The van der Waals surface area contributed by atoms with E-state index in [0.29, 0.717) is 37.0 Å². The van der Waals surface area contributed by atoms with E-state index in [2.05, 4.69) is 25.9 Å². The Hall–Kier alpha value is -2.50. The first-order chi connectivity index (χ1) is 14.0. The molecule has 162 valence electrons. The van der Waals surface area contributed by atoms with Gasteiger partial charge in [0.25, 0.3) is 0 Å². The highest BCUT2D eigenvalue weighted by Gasteiger charge is 2.25. The van der Waals surface area contributed by atoms with E-state index < -0.39 is 11.6 Å². The van der Waals surface area contributed by atoms with Crippen molar-refractivity contribution in [1.29, 1.82) is 0 Å². The Balaban J connectivity index is 0.00000320. The van der Waals surface area contributed by atoms with Gasteiger partial charge >= 0.3 is 0 Å². The minimum absolute atomic E-state index is 0. The van der Waals surface area contributed by atoms with Crippen molar-refractivity contribution in [3.63, 3.8) is 0 Å². The molecule has 2 heterocycles. The average molecular weight is 530 g/mol. The Labute approximate surface area is 191 Å². The van der Waals surface area contributed by atoms with Crippen LogP contribution in [0.25, 0.3) is 0 Å². The summed E-state index contributed by atoms with van der Waals surface area (Å²) >= 11 is 0. The number of anilines is 2. The second-order valence-corrected chi connectivity index (χ2v) is 6.66. The number of carbonyl (C=O) groups is 1. The van der Waals surface area contributed by atoms with Gasteiger partial charge in [0, 0.05) is 37.9 Å². The van der Waals surface area contributed by atoms with E-state index in [1.807, 2.05) is 11.8 Å². The number of aromatic nitrogens is 1. The lowest BCUT2D eigenvalue weighted by molar-refractivity contribution is -0.114. The molecule has 1 unspecified atom stereocenters. The molecule has 3 N–H and O–H groups in total. The van der Waals surface area contributed by atoms with Crippen LogP contribution in [0.2, 0.25) is 0 Å². The van der Waals surface area contributed by atoms with Crippen molar-refractivity contribution in [2.45, 2.75) is 19.4 Å². The Morgan fingerprint density at radius 1 is 1.33 bits per heavy atom. The van der Waals surface area contributed by atoms with Crippen molar-refractivity contribution in [3.05, 3.63) is 54.4 Å². The minimum Gasteiger partial charge on any atom is -0.367 e. The smallest absolute Gasteiger partial charge is 0.246 e. The van der Waals surface area contributed by atoms with Gasteiger partial charge in [-0.1, -0.05) is 0 Å². The summed E-state index contributed by atoms with van der Waals surface area (Å²) < 4.78 is 27.1. The van der Waals surface area contributed by atoms with Crippen molar-refractivity contribution >= 4 is 47.2 Å². The number of carbonyl (C=O) groups excluding carboxylic acids is 1. The molecule has 30 heavy (non-hydrogen) atoms. The minimum atomic E-state index is -0.591. The van der Waals surface area contributed by atoms with Gasteiger partial charge in [-0.25, -0.2) is 13.8 Å². The molecule has 10 heteroatoms. The predicted molar refractivity (Wildman–Crippen MR) is 124 cm³/mol. The monoisotopic (exact) mass is 530 g/mol. The number of nitrogens with zero attached hydrogens (tertiary/aromatic N) is 3. The van der Waals surface area contributed by atoms with E-state index in [4.69, 9.17) is 0 Å². The number of rotatable bonds is 6. The van der Waals surface area contributed by atoms with Gasteiger partial charge < -0.3 is 20.9 Å². The zero-order valence-corrected chi connectivity index (χ0v) is 18.9. The maximum absolute atomic E-state index is 14.0. The lowest BCUT2D eigenvalue weighted by Crippen LogP contribution is -2.45. The molecule has 2 aromatic rings. The molecule has 0 bridgehead atoms. The summed E-state index contributed by atoms with van der Waals surface area (Å²) in [7, 11) is 0. The van der Waals surface area contributed by atoms with Crippen LogP contribution >= 0.6 is 24.0 Å². The van der Waals surface area contributed by atoms with E-state index in [1.165, 1.54) is 12.1 Å². The molecule has 1 amide bonds. The Bertz CT molecular complexity index is 868. The first-order valence-electron chi connectivity index (χ1n) is 9.50. The van der Waals surface area contributed by atoms with Crippen LogP contribution in [-0.2, 0) is 4.79 Å². The van der Waals surface area contributed by atoms with Gasteiger partial charge in [-0.05, 0) is 37.6 Å². The molecule has 1 atom stereocenters. The number of nitrogens with one attached hydrogen (secondary N) is 3. The van der Waals surface area contributed by atoms with E-state index >= 15 is 0 Å². The molecular formula is C20H25F2IN6O. The Kier molecular flexibility index (Phi) is 9.21. The fourth-order valence-corrected chi connectivity index (χ4v) is 3.14. The maximum atomic E-state index is 14.0. The third-order valence-corrected chi connectivity index (χ3v) is 4.45. The molecular weight excluding hydrogens is 505 g/mol. The number of hydrogen-bond donors (Lipinski definition) is 3. The summed E-state index contributed by atoms with van der Waals surface area (Å²) in [5.74, 6) is -0.901. The first-order valence-corrected chi connectivity index (χ1v) is 9.50. The summed E-state index contributed by atoms with van der Waals surface area (Å²) in [6.45, 7) is 3.71. The summed E-state index contributed by atoms with van der Waals surface area (Å²) in [6.07, 6.45) is 3.96. The molecule has 1 aromatic heterocycles. The number of amides is 1. The quantitative estimate of drug-likeness (QED) is 0.304. The van der Waals surface area contributed by atoms with Crippen molar-refractivity contribution in [2.75, 3.05) is 36.4 Å². The molecule has 0 saturated carbocycles. The number of hydrogen-bond acceptors (Lipinski definition) is 4. The number of benzene rings is 1. The molecule has 0 spiro atoms. The summed E-state index contributed by atoms with van der Waals surface area (Å²) in [6, 6.07) is 7.11. The summed E-state index contributed by atoms with van der Waals surface area (Å²) in [4.78, 5) is 22.2. The molecule has 0 radical (unpaired) electrons. The van der Waals surface area contributed by atoms with Crippen molar-refractivity contribution < 1.29 is 13.6 Å². The second kappa shape index (κ2) is 11.6. The van der Waals surface area contributed by atoms with Crippen molar-refractivity contribution in [3.8, 4) is 0 Å². The molecule has 3 rings (SSSR count). The zero-order valence-electron chi connectivity index (χ0n) is 16.6. The van der Waals surface area contributed by atoms with Gasteiger partial charge in [-0.3, -0.25) is 9.78 Å². The van der Waals surface area contributed by atoms with Crippen LogP contribution in [0.1, 0.15) is 13.3 Å². The molecule has 7 nitrogen and oxygen atoms in total. The molecule has 0 aliphatic carbocycles. The fourth-order valence-electron chi connectivity index (χ4n) is 3.14. The normalized spacial score (nSPS) is 16.0. The van der Waals surface area contributed by atoms with Crippen LogP contribution in [0.5, 0.6) is 0 Å². The van der Waals surface area contributed by atoms with Crippen LogP contribution in [0.15, 0.2) is 47.7 Å². The second-order valence-electron chi connectivity index (χ2n) is 6.66. The first kappa shape index (κ1) is 23.8. The van der Waals surface area contributed by atoms with Gasteiger partial charge in [-0.15, -0.1) is 24.0 Å². The third kappa shape index (κ3) is 6.78. The van der Waals surface area contributed by atoms with E-state index in [9.17, 15) is 13.6 Å². The molecule has 1 aromatic carbocycles. The van der Waals surface area contributed by atoms with Crippen molar-refractivity contribution in [1.82, 2.24) is 15.6 Å². The fraction of sp³-hybridized carbons (Fsp3) is 0.350. The largest absolute Gasteiger partial charge is 0.367 e. The molecule has 1 aliphatic rings. The maximum Gasteiger partial charge on any atom is 0.246 e. The molecule has 1 fully saturated rings. The van der Waals surface area contributed by atoms with Gasteiger partial charge in [0.15, 0.2) is 5.96 Å².